The molecule has 0 saturated carbocycles. The Morgan fingerprint density at radius 2 is 1.08 bits per heavy atom. The number of hydrogen-bond acceptors (Lipinski definition) is 5. The summed E-state index contributed by atoms with van der Waals surface area (Å²) >= 11 is 0. The first-order chi connectivity index (χ1) is 12.6. The SMILES string of the molecule is CCCCCCCCCCCCCC(=O)OC[C@H](O)COC(=O)CCC. The van der Waals surface area contributed by atoms with Crippen LogP contribution in [0.2, 0.25) is 0 Å². The number of rotatable bonds is 18. The summed E-state index contributed by atoms with van der Waals surface area (Å²) in [5.41, 5.74) is 0. The van der Waals surface area contributed by atoms with Crippen molar-refractivity contribution in [1.29, 1.82) is 0 Å². The van der Waals surface area contributed by atoms with Crippen molar-refractivity contribution in [3.63, 3.8) is 0 Å². The molecule has 0 bridgehead atoms. The second kappa shape index (κ2) is 18.7. The number of unbranched alkanes of at least 4 members (excludes halogenated alkanes) is 10. The fourth-order valence-electron chi connectivity index (χ4n) is 2.71. The molecule has 0 fully saturated rings. The first-order valence-corrected chi connectivity index (χ1v) is 10.6. The molecule has 5 nitrogen and oxygen atoms in total. The molecule has 0 aliphatic carbocycles. The average Bonchev–Trinajstić information content (AvgIpc) is 2.63. The van der Waals surface area contributed by atoms with Gasteiger partial charge in [0.1, 0.15) is 19.3 Å². The van der Waals surface area contributed by atoms with Crippen molar-refractivity contribution in [3.05, 3.63) is 0 Å². The highest BCUT2D eigenvalue weighted by Gasteiger charge is 2.11. The molecule has 1 atom stereocenters. The number of esters is 2. The van der Waals surface area contributed by atoms with Gasteiger partial charge in [-0.15, -0.1) is 0 Å². The van der Waals surface area contributed by atoms with Gasteiger partial charge < -0.3 is 14.6 Å². The van der Waals surface area contributed by atoms with Crippen LogP contribution in [0.15, 0.2) is 0 Å². The van der Waals surface area contributed by atoms with E-state index in [1.807, 2.05) is 6.92 Å². The lowest BCUT2D eigenvalue weighted by atomic mass is 10.1. The third-order valence-electron chi connectivity index (χ3n) is 4.31. The zero-order valence-electron chi connectivity index (χ0n) is 17.0. The predicted molar refractivity (Wildman–Crippen MR) is 104 cm³/mol. The topological polar surface area (TPSA) is 72.8 Å². The van der Waals surface area contributed by atoms with Gasteiger partial charge in [-0.2, -0.15) is 0 Å². The average molecular weight is 373 g/mol. The third-order valence-corrected chi connectivity index (χ3v) is 4.31. The van der Waals surface area contributed by atoms with E-state index in [1.165, 1.54) is 51.4 Å². The predicted octanol–water partition coefficient (Wildman–Crippen LogP) is 4.93. The maximum Gasteiger partial charge on any atom is 0.305 e. The lowest BCUT2D eigenvalue weighted by Gasteiger charge is -2.11. The molecular weight excluding hydrogens is 332 g/mol. The van der Waals surface area contributed by atoms with E-state index in [9.17, 15) is 14.7 Å². The van der Waals surface area contributed by atoms with Crippen LogP contribution in [-0.4, -0.2) is 36.4 Å². The second-order valence-electron chi connectivity index (χ2n) is 7.06. The number of aliphatic hydroxyl groups is 1. The Morgan fingerprint density at radius 1 is 0.654 bits per heavy atom. The zero-order chi connectivity index (χ0) is 19.5. The van der Waals surface area contributed by atoms with Crippen LogP contribution in [0.4, 0.5) is 0 Å². The molecule has 0 aromatic rings. The maximum absolute atomic E-state index is 11.6. The van der Waals surface area contributed by atoms with E-state index in [1.54, 1.807) is 0 Å². The molecular formula is C21H40O5. The molecule has 154 valence electrons. The summed E-state index contributed by atoms with van der Waals surface area (Å²) in [6.07, 6.45) is 14.1. The normalized spacial score (nSPS) is 12.0. The van der Waals surface area contributed by atoms with E-state index >= 15 is 0 Å². The number of hydrogen-bond donors (Lipinski definition) is 1. The fraction of sp³-hybridized carbons (Fsp3) is 0.905. The molecule has 0 aromatic heterocycles. The third kappa shape index (κ3) is 17.7. The van der Waals surface area contributed by atoms with Crippen molar-refractivity contribution in [2.75, 3.05) is 13.2 Å². The minimum absolute atomic E-state index is 0.115. The Hall–Kier alpha value is -1.10. The van der Waals surface area contributed by atoms with Crippen LogP contribution in [0.5, 0.6) is 0 Å². The van der Waals surface area contributed by atoms with Crippen molar-refractivity contribution in [2.45, 2.75) is 110 Å². The Bertz CT molecular complexity index is 343. The van der Waals surface area contributed by atoms with Crippen molar-refractivity contribution in [1.82, 2.24) is 0 Å². The van der Waals surface area contributed by atoms with Crippen molar-refractivity contribution < 1.29 is 24.2 Å². The summed E-state index contributed by atoms with van der Waals surface area (Å²) in [6, 6.07) is 0. The van der Waals surface area contributed by atoms with Gasteiger partial charge in [-0.25, -0.2) is 0 Å². The molecule has 0 aliphatic heterocycles. The summed E-state index contributed by atoms with van der Waals surface area (Å²) in [5.74, 6) is -0.626. The molecule has 0 heterocycles. The molecule has 0 aliphatic rings. The lowest BCUT2D eigenvalue weighted by molar-refractivity contribution is -0.152. The van der Waals surface area contributed by atoms with Gasteiger partial charge in [0.2, 0.25) is 0 Å². The highest BCUT2D eigenvalue weighted by molar-refractivity contribution is 5.69. The monoisotopic (exact) mass is 372 g/mol. The van der Waals surface area contributed by atoms with Crippen LogP contribution in [0, 0.1) is 0 Å². The van der Waals surface area contributed by atoms with Crippen molar-refractivity contribution >= 4 is 11.9 Å². The Kier molecular flexibility index (Phi) is 17.9. The van der Waals surface area contributed by atoms with Gasteiger partial charge in [-0.1, -0.05) is 78.1 Å². The first kappa shape index (κ1) is 24.9. The van der Waals surface area contributed by atoms with Crippen LogP contribution >= 0.6 is 0 Å². The van der Waals surface area contributed by atoms with E-state index in [0.29, 0.717) is 19.3 Å². The Morgan fingerprint density at radius 3 is 1.54 bits per heavy atom. The molecule has 0 aromatic carbocycles. The molecule has 1 N–H and O–H groups in total. The largest absolute Gasteiger partial charge is 0.463 e. The van der Waals surface area contributed by atoms with Gasteiger partial charge in [0.05, 0.1) is 0 Å². The number of carbonyl (C=O) groups excluding carboxylic acids is 2. The minimum Gasteiger partial charge on any atom is -0.463 e. The summed E-state index contributed by atoms with van der Waals surface area (Å²) in [7, 11) is 0. The first-order valence-electron chi connectivity index (χ1n) is 10.6. The Balaban J connectivity index is 3.37. The Labute approximate surface area is 159 Å². The highest BCUT2D eigenvalue weighted by atomic mass is 16.6. The minimum atomic E-state index is -0.947. The highest BCUT2D eigenvalue weighted by Crippen LogP contribution is 2.12. The van der Waals surface area contributed by atoms with Crippen molar-refractivity contribution in [3.8, 4) is 0 Å². The van der Waals surface area contributed by atoms with Crippen LogP contribution in [-0.2, 0) is 19.1 Å². The second-order valence-corrected chi connectivity index (χ2v) is 7.06. The molecule has 0 unspecified atom stereocenters. The molecule has 0 spiro atoms. The maximum atomic E-state index is 11.6. The molecule has 0 radical (unpaired) electrons. The van der Waals surface area contributed by atoms with Crippen molar-refractivity contribution in [2.24, 2.45) is 0 Å². The van der Waals surface area contributed by atoms with Gasteiger partial charge in [0.15, 0.2) is 0 Å². The van der Waals surface area contributed by atoms with E-state index in [0.717, 1.165) is 19.3 Å². The van der Waals surface area contributed by atoms with Crippen LogP contribution < -0.4 is 0 Å². The lowest BCUT2D eigenvalue weighted by Crippen LogP contribution is -2.25. The van der Waals surface area contributed by atoms with Crippen LogP contribution in [0.3, 0.4) is 0 Å². The quantitative estimate of drug-likeness (QED) is 0.273. The number of aliphatic hydroxyl groups excluding tert-OH is 1. The smallest absolute Gasteiger partial charge is 0.305 e. The summed E-state index contributed by atoms with van der Waals surface area (Å²) in [6.45, 7) is 3.89. The van der Waals surface area contributed by atoms with E-state index in [2.05, 4.69) is 6.92 Å². The number of carbonyl (C=O) groups is 2. The summed E-state index contributed by atoms with van der Waals surface area (Å²) < 4.78 is 9.88. The standard InChI is InChI=1S/C21H40O5/c1-3-5-6-7-8-9-10-11-12-13-14-16-21(24)26-18-19(22)17-25-20(23)15-4-2/h19,22H,3-18H2,1-2H3/t19-/m1/s1. The van der Waals surface area contributed by atoms with Gasteiger partial charge in [-0.3, -0.25) is 9.59 Å². The zero-order valence-corrected chi connectivity index (χ0v) is 17.0. The molecule has 5 heteroatoms. The van der Waals surface area contributed by atoms with Gasteiger partial charge in [0, 0.05) is 12.8 Å². The summed E-state index contributed by atoms with van der Waals surface area (Å²) in [4.78, 5) is 22.8. The molecule has 0 saturated heterocycles. The van der Waals surface area contributed by atoms with Gasteiger partial charge >= 0.3 is 11.9 Å². The van der Waals surface area contributed by atoms with Crippen LogP contribution in [0.25, 0.3) is 0 Å². The van der Waals surface area contributed by atoms with E-state index in [-0.39, 0.29) is 25.2 Å². The summed E-state index contributed by atoms with van der Waals surface area (Å²) in [5, 5.41) is 9.62. The number of ether oxygens (including phenoxy) is 2. The van der Waals surface area contributed by atoms with Crippen LogP contribution in [0.1, 0.15) is 104 Å². The molecule has 26 heavy (non-hydrogen) atoms. The van der Waals surface area contributed by atoms with E-state index in [4.69, 9.17) is 9.47 Å². The fourth-order valence-corrected chi connectivity index (χ4v) is 2.71. The van der Waals surface area contributed by atoms with E-state index < -0.39 is 6.10 Å². The van der Waals surface area contributed by atoms with Gasteiger partial charge in [-0.05, 0) is 12.8 Å². The molecule has 0 rings (SSSR count). The van der Waals surface area contributed by atoms with Gasteiger partial charge in [0.25, 0.3) is 0 Å². The molecule has 0 amide bonds.